The quantitative estimate of drug-likeness (QED) is 0.603. The molecule has 3 nitrogen and oxygen atoms in total. The van der Waals surface area contributed by atoms with Crippen molar-refractivity contribution in [1.29, 1.82) is 0 Å². The molecular weight excluding hydrogens is 252 g/mol. The van der Waals surface area contributed by atoms with Crippen molar-refractivity contribution in [3.05, 3.63) is 0 Å². The van der Waals surface area contributed by atoms with Crippen LogP contribution in [0.2, 0.25) is 0 Å². The molecule has 0 aliphatic rings. The van der Waals surface area contributed by atoms with Crippen LogP contribution in [-0.4, -0.2) is 65.2 Å². The van der Waals surface area contributed by atoms with Gasteiger partial charge in [0.1, 0.15) is 0 Å². The Morgan fingerprint density at radius 2 is 1.50 bits per heavy atom. The van der Waals surface area contributed by atoms with Gasteiger partial charge in [-0.25, -0.2) is 4.79 Å². The molecule has 0 spiro atoms. The van der Waals surface area contributed by atoms with E-state index >= 15 is 0 Å². The molecule has 6 heavy (non-hydrogen) atoms. The second-order valence-corrected chi connectivity index (χ2v) is 0.283. The third kappa shape index (κ3) is 55.0. The summed E-state index contributed by atoms with van der Waals surface area (Å²) in [6.45, 7) is 0. The van der Waals surface area contributed by atoms with Crippen molar-refractivity contribution in [1.82, 2.24) is 0 Å². The normalized spacial score (nSPS) is 4.00. The molecule has 0 atom stereocenters. The van der Waals surface area contributed by atoms with Gasteiger partial charge in [0.15, 0.2) is 0 Å². The smallest absolute Gasteiger partial charge is 1.00 e. The fourth-order valence-electron chi connectivity index (χ4n) is 0. The molecule has 0 aliphatic carbocycles. The van der Waals surface area contributed by atoms with E-state index in [1.54, 1.807) is 0 Å². The largest absolute Gasteiger partial charge is 2.00 e. The Morgan fingerprint density at radius 1 is 1.50 bits per heavy atom. The first kappa shape index (κ1) is 15.7. The summed E-state index contributed by atoms with van der Waals surface area (Å²) in [4.78, 5) is 8.56. The van der Waals surface area contributed by atoms with Crippen molar-refractivity contribution in [3.63, 3.8) is 0 Å². The molecule has 2 N–H and O–H groups in total. The Bertz CT molecular complexity index is 40.3. The summed E-state index contributed by atoms with van der Waals surface area (Å²) in [6.07, 6.45) is -1.83. The van der Waals surface area contributed by atoms with Gasteiger partial charge in [-0.1, -0.05) is 0 Å². The Hall–Kier alpha value is 1.36. The molecule has 0 saturated heterocycles. The van der Waals surface area contributed by atoms with Crippen molar-refractivity contribution in [2.75, 3.05) is 0 Å². The molecule has 0 aromatic heterocycles. The molecule has 0 aromatic carbocycles. The molecule has 0 aliphatic heterocycles. The zero-order valence-electron chi connectivity index (χ0n) is 4.89. The molecule has 0 unspecified atom stereocenters. The first-order chi connectivity index (χ1) is 1.73. The second kappa shape index (κ2) is 9.61. The van der Waals surface area contributed by atoms with E-state index in [1.165, 1.54) is 0 Å². The van der Waals surface area contributed by atoms with Crippen LogP contribution in [0.15, 0.2) is 0 Å². The van der Waals surface area contributed by atoms with Crippen LogP contribution in [0.5, 0.6) is 0 Å². The Kier molecular flexibility index (Phi) is 25.1. The Labute approximate surface area is 88.6 Å². The van der Waals surface area contributed by atoms with Crippen molar-refractivity contribution in [2.45, 2.75) is 0 Å². The third-order valence-electron chi connectivity index (χ3n) is 0. The number of carboxylic acid groups (broad SMARTS) is 2. The van der Waals surface area contributed by atoms with Gasteiger partial charge < -0.3 is 13.1 Å². The second-order valence-electron chi connectivity index (χ2n) is 0.283. The molecule has 0 aromatic rings. The molecular formula is CH4BaMnO3. The van der Waals surface area contributed by atoms with Crippen molar-refractivity contribution in [2.24, 2.45) is 0 Å². The maximum absolute atomic E-state index is 8.56. The summed E-state index contributed by atoms with van der Waals surface area (Å²) in [7, 11) is 0. The van der Waals surface area contributed by atoms with Gasteiger partial charge >= 0.3 is 55.0 Å². The summed E-state index contributed by atoms with van der Waals surface area (Å²) in [6, 6.07) is 0. The average Bonchev–Trinajstić information content (AvgIpc) is 0.811. The predicted octanol–water partition coefficient (Wildman–Crippen LogP) is 0.0641. The maximum atomic E-state index is 8.56. The van der Waals surface area contributed by atoms with Gasteiger partial charge in [-0.2, -0.15) is 0 Å². The van der Waals surface area contributed by atoms with Gasteiger partial charge in [0.25, 0.3) is 0 Å². The van der Waals surface area contributed by atoms with Crippen LogP contribution in [-0.2, 0) is 17.1 Å². The van der Waals surface area contributed by atoms with E-state index in [-0.39, 0.29) is 68.8 Å². The molecule has 0 rings (SSSR count). The Balaban J connectivity index is -0.00000000750. The Morgan fingerprint density at radius 3 is 1.50 bits per heavy atom. The molecule has 35 valence electrons. The van der Waals surface area contributed by atoms with Gasteiger partial charge in [-0.15, -0.1) is 0 Å². The topological polar surface area (TPSA) is 57.5 Å². The molecule has 0 heterocycles. The zero-order chi connectivity index (χ0) is 3.58. The van der Waals surface area contributed by atoms with Crippen LogP contribution < -0.4 is 0 Å². The number of hydrogen-bond donors (Lipinski definition) is 2. The summed E-state index contributed by atoms with van der Waals surface area (Å²) >= 11 is 0. The van der Waals surface area contributed by atoms with E-state index in [9.17, 15) is 0 Å². The monoisotopic (exact) mass is 257 g/mol. The van der Waals surface area contributed by atoms with E-state index in [4.69, 9.17) is 15.0 Å². The van der Waals surface area contributed by atoms with Crippen LogP contribution in [0.1, 0.15) is 2.85 Å². The standard InChI is InChI=1S/CH2O3.Ba.Mn.2H/c2-1(3)4;;;;/h(H2,2,3,4);;;;/q;+2;;2*-1. The van der Waals surface area contributed by atoms with Gasteiger partial charge in [0, 0.05) is 17.1 Å². The van der Waals surface area contributed by atoms with Crippen LogP contribution in [0.3, 0.4) is 0 Å². The number of hydrogen-bond acceptors (Lipinski definition) is 1. The van der Waals surface area contributed by atoms with Crippen LogP contribution in [0, 0.1) is 0 Å². The zero-order valence-corrected chi connectivity index (χ0v) is 8.51. The SMILES string of the molecule is O=C(O)O.[Ba+2].[H-].[H-].[Mn]. The third-order valence-corrected chi connectivity index (χ3v) is 0. The first-order valence-electron chi connectivity index (χ1n) is 0.651. The molecule has 0 fully saturated rings. The predicted molar refractivity (Wildman–Crippen MR) is 18.6 cm³/mol. The number of carbonyl (C=O) groups is 1. The minimum absolute atomic E-state index is 0. The average molecular weight is 256 g/mol. The molecule has 5 heteroatoms. The van der Waals surface area contributed by atoms with E-state index in [1.807, 2.05) is 0 Å². The van der Waals surface area contributed by atoms with E-state index in [0.29, 0.717) is 0 Å². The van der Waals surface area contributed by atoms with Crippen LogP contribution in [0.4, 0.5) is 4.79 Å². The molecule has 0 amide bonds. The van der Waals surface area contributed by atoms with Gasteiger partial charge in [-0.05, 0) is 0 Å². The fourth-order valence-corrected chi connectivity index (χ4v) is 0. The van der Waals surface area contributed by atoms with Crippen molar-refractivity contribution in [3.8, 4) is 0 Å². The fraction of sp³-hybridized carbons (Fsp3) is 0. The van der Waals surface area contributed by atoms with E-state index in [2.05, 4.69) is 0 Å². The maximum Gasteiger partial charge on any atom is 2.00 e. The van der Waals surface area contributed by atoms with Gasteiger partial charge in [0.2, 0.25) is 0 Å². The summed E-state index contributed by atoms with van der Waals surface area (Å²) in [5.41, 5.74) is 0. The summed E-state index contributed by atoms with van der Waals surface area (Å²) < 4.78 is 0. The van der Waals surface area contributed by atoms with Crippen molar-refractivity contribution < 1.29 is 34.9 Å². The first-order valence-corrected chi connectivity index (χ1v) is 0.651. The van der Waals surface area contributed by atoms with Crippen molar-refractivity contribution >= 4 is 55.0 Å². The van der Waals surface area contributed by atoms with Crippen LogP contribution >= 0.6 is 0 Å². The minimum Gasteiger partial charge on any atom is -1.00 e. The van der Waals surface area contributed by atoms with Gasteiger partial charge in [-0.3, -0.25) is 0 Å². The minimum atomic E-state index is -1.83. The van der Waals surface area contributed by atoms with Gasteiger partial charge in [0.05, 0.1) is 0 Å². The van der Waals surface area contributed by atoms with Crippen LogP contribution in [0.25, 0.3) is 0 Å². The van der Waals surface area contributed by atoms with E-state index < -0.39 is 6.16 Å². The molecule has 0 bridgehead atoms. The molecule has 0 saturated carbocycles. The number of rotatable bonds is 0. The van der Waals surface area contributed by atoms with E-state index in [0.717, 1.165) is 0 Å². The molecule has 1 radical (unpaired) electrons. The summed E-state index contributed by atoms with van der Waals surface area (Å²) in [5, 5.41) is 13.9. The summed E-state index contributed by atoms with van der Waals surface area (Å²) in [5.74, 6) is 0.